The second-order valence-electron chi connectivity index (χ2n) is 5.67. The first-order chi connectivity index (χ1) is 9.94. The van der Waals surface area contributed by atoms with Crippen LogP contribution in [0, 0.1) is 0 Å². The summed E-state index contributed by atoms with van der Waals surface area (Å²) < 4.78 is 0. The molecule has 2 amide bonds. The maximum absolute atomic E-state index is 12.1. The number of nitrogens with two attached hydrogens (primary N) is 1. The molecule has 21 heavy (non-hydrogen) atoms. The minimum atomic E-state index is -0.903. The Bertz CT molecular complexity index is 525. The zero-order chi connectivity index (χ0) is 15.5. The van der Waals surface area contributed by atoms with Crippen LogP contribution in [0.2, 0.25) is 0 Å². The molecule has 1 aromatic rings. The van der Waals surface area contributed by atoms with Crippen molar-refractivity contribution >= 4 is 23.3 Å². The van der Waals surface area contributed by atoms with E-state index in [9.17, 15) is 9.59 Å². The van der Waals surface area contributed by atoms with Crippen LogP contribution in [0.25, 0.3) is 0 Å². The molecule has 6 heteroatoms. The van der Waals surface area contributed by atoms with Gasteiger partial charge in [-0.25, -0.2) is 4.98 Å². The Morgan fingerprint density at radius 1 is 1.52 bits per heavy atom. The van der Waals surface area contributed by atoms with Gasteiger partial charge in [-0.3, -0.25) is 9.59 Å². The predicted molar refractivity (Wildman–Crippen MR) is 82.0 cm³/mol. The number of nitrogens with one attached hydrogen (secondary N) is 1. The van der Waals surface area contributed by atoms with Crippen molar-refractivity contribution < 1.29 is 9.59 Å². The Kier molecular flexibility index (Phi) is 4.57. The third kappa shape index (κ3) is 3.58. The van der Waals surface area contributed by atoms with Crippen molar-refractivity contribution in [2.24, 2.45) is 5.73 Å². The summed E-state index contributed by atoms with van der Waals surface area (Å²) in [7, 11) is 0. The van der Waals surface area contributed by atoms with Crippen LogP contribution in [0.4, 0.5) is 11.5 Å². The number of hydrogen-bond acceptors (Lipinski definition) is 4. The molecule has 1 saturated heterocycles. The van der Waals surface area contributed by atoms with Crippen molar-refractivity contribution in [3.8, 4) is 0 Å². The molecule has 2 rings (SSSR count). The number of rotatable bonds is 5. The second kappa shape index (κ2) is 6.22. The van der Waals surface area contributed by atoms with E-state index in [4.69, 9.17) is 5.73 Å². The van der Waals surface area contributed by atoms with Gasteiger partial charge < -0.3 is 16.0 Å². The molecule has 3 N–H and O–H groups in total. The summed E-state index contributed by atoms with van der Waals surface area (Å²) in [6.07, 6.45) is 4.51. The molecule has 114 valence electrons. The molecule has 0 aliphatic carbocycles. The average Bonchev–Trinajstić information content (AvgIpc) is 2.86. The van der Waals surface area contributed by atoms with Crippen LogP contribution in [0.5, 0.6) is 0 Å². The zero-order valence-electron chi connectivity index (χ0n) is 12.6. The van der Waals surface area contributed by atoms with Gasteiger partial charge in [0.15, 0.2) is 0 Å². The first-order valence-corrected chi connectivity index (χ1v) is 7.31. The van der Waals surface area contributed by atoms with E-state index in [2.05, 4.69) is 10.3 Å². The van der Waals surface area contributed by atoms with Crippen LogP contribution in [-0.4, -0.2) is 28.9 Å². The number of anilines is 2. The molecule has 0 bridgehead atoms. The molecule has 0 radical (unpaired) electrons. The van der Waals surface area contributed by atoms with Gasteiger partial charge in [0.2, 0.25) is 11.8 Å². The van der Waals surface area contributed by atoms with E-state index in [0.29, 0.717) is 18.7 Å². The first-order valence-electron chi connectivity index (χ1n) is 7.31. The Labute approximate surface area is 124 Å². The summed E-state index contributed by atoms with van der Waals surface area (Å²) in [5.74, 6) is 0.316. The smallest absolute Gasteiger partial charge is 0.245 e. The fourth-order valence-corrected chi connectivity index (χ4v) is 2.43. The van der Waals surface area contributed by atoms with Gasteiger partial charge in [0.1, 0.15) is 5.82 Å². The number of nitrogens with zero attached hydrogens (tertiary/aromatic N) is 2. The summed E-state index contributed by atoms with van der Waals surface area (Å²) >= 11 is 0. The summed E-state index contributed by atoms with van der Waals surface area (Å²) in [6, 6.07) is 3.49. The molecule has 1 aliphatic rings. The highest BCUT2D eigenvalue weighted by molar-refractivity contribution is 5.97. The van der Waals surface area contributed by atoms with Crippen LogP contribution in [0.3, 0.4) is 0 Å². The number of pyridine rings is 1. The third-order valence-electron chi connectivity index (χ3n) is 3.66. The van der Waals surface area contributed by atoms with Crippen LogP contribution in [-0.2, 0) is 9.59 Å². The molecule has 1 fully saturated rings. The first kappa shape index (κ1) is 15.4. The molecule has 1 aliphatic heterocycles. The molecule has 1 unspecified atom stereocenters. The summed E-state index contributed by atoms with van der Waals surface area (Å²) in [5.41, 5.74) is 5.83. The molecular weight excluding hydrogens is 268 g/mol. The van der Waals surface area contributed by atoms with Crippen LogP contribution >= 0.6 is 0 Å². The SMILES string of the molecule is CCCC(C)(N)C(=O)Nc1ccc(N2CCCC2=O)cn1. The fourth-order valence-electron chi connectivity index (χ4n) is 2.43. The van der Waals surface area contributed by atoms with Crippen LogP contribution in [0.1, 0.15) is 39.5 Å². The van der Waals surface area contributed by atoms with Crippen molar-refractivity contribution in [2.45, 2.75) is 45.1 Å². The van der Waals surface area contributed by atoms with Gasteiger partial charge in [0.05, 0.1) is 17.4 Å². The standard InChI is InChI=1S/C15H22N4O2/c1-3-8-15(2,16)14(21)18-12-7-6-11(10-17-12)19-9-4-5-13(19)20/h6-7,10H,3-5,8-9,16H2,1-2H3,(H,17,18,21). The van der Waals surface area contributed by atoms with Gasteiger partial charge in [-0.1, -0.05) is 13.3 Å². The Hall–Kier alpha value is -1.95. The van der Waals surface area contributed by atoms with E-state index in [1.165, 1.54) is 0 Å². The normalized spacial score (nSPS) is 17.7. The van der Waals surface area contributed by atoms with Crippen LogP contribution < -0.4 is 16.0 Å². The van der Waals surface area contributed by atoms with Crippen molar-refractivity contribution in [2.75, 3.05) is 16.8 Å². The quantitative estimate of drug-likeness (QED) is 0.863. The van der Waals surface area contributed by atoms with Gasteiger partial charge in [0, 0.05) is 13.0 Å². The lowest BCUT2D eigenvalue weighted by molar-refractivity contribution is -0.121. The molecule has 0 saturated carbocycles. The second-order valence-corrected chi connectivity index (χ2v) is 5.67. The number of hydrogen-bond donors (Lipinski definition) is 2. The van der Waals surface area contributed by atoms with E-state index < -0.39 is 5.54 Å². The van der Waals surface area contributed by atoms with Crippen molar-refractivity contribution in [1.82, 2.24) is 4.98 Å². The van der Waals surface area contributed by atoms with Crippen molar-refractivity contribution in [3.05, 3.63) is 18.3 Å². The minimum Gasteiger partial charge on any atom is -0.318 e. The molecule has 0 spiro atoms. The van der Waals surface area contributed by atoms with Gasteiger partial charge >= 0.3 is 0 Å². The monoisotopic (exact) mass is 290 g/mol. The third-order valence-corrected chi connectivity index (χ3v) is 3.66. The molecular formula is C15H22N4O2. The number of aromatic nitrogens is 1. The summed E-state index contributed by atoms with van der Waals surface area (Å²) in [5, 5.41) is 2.72. The Morgan fingerprint density at radius 2 is 2.29 bits per heavy atom. The molecule has 1 atom stereocenters. The molecule has 0 aromatic carbocycles. The van der Waals surface area contributed by atoms with E-state index in [0.717, 1.165) is 25.1 Å². The van der Waals surface area contributed by atoms with Crippen molar-refractivity contribution in [1.29, 1.82) is 0 Å². The number of amides is 2. The maximum atomic E-state index is 12.1. The van der Waals surface area contributed by atoms with Gasteiger partial charge in [0.25, 0.3) is 0 Å². The highest BCUT2D eigenvalue weighted by atomic mass is 16.2. The average molecular weight is 290 g/mol. The minimum absolute atomic E-state index is 0.117. The van der Waals surface area contributed by atoms with Gasteiger partial charge in [-0.05, 0) is 31.9 Å². The largest absolute Gasteiger partial charge is 0.318 e. The summed E-state index contributed by atoms with van der Waals surface area (Å²) in [4.78, 5) is 29.6. The molecule has 6 nitrogen and oxygen atoms in total. The van der Waals surface area contributed by atoms with E-state index in [1.54, 1.807) is 30.2 Å². The lowest BCUT2D eigenvalue weighted by Gasteiger charge is -2.22. The Balaban J connectivity index is 2.02. The van der Waals surface area contributed by atoms with Gasteiger partial charge in [-0.2, -0.15) is 0 Å². The topological polar surface area (TPSA) is 88.3 Å². The maximum Gasteiger partial charge on any atom is 0.245 e. The summed E-state index contributed by atoms with van der Waals surface area (Å²) in [6.45, 7) is 4.42. The van der Waals surface area contributed by atoms with E-state index >= 15 is 0 Å². The van der Waals surface area contributed by atoms with Crippen molar-refractivity contribution in [3.63, 3.8) is 0 Å². The van der Waals surface area contributed by atoms with E-state index in [1.807, 2.05) is 6.92 Å². The van der Waals surface area contributed by atoms with Gasteiger partial charge in [-0.15, -0.1) is 0 Å². The molecule has 1 aromatic heterocycles. The Morgan fingerprint density at radius 3 is 2.81 bits per heavy atom. The van der Waals surface area contributed by atoms with Crippen LogP contribution in [0.15, 0.2) is 18.3 Å². The zero-order valence-corrected chi connectivity index (χ0v) is 12.6. The number of carbonyl (C=O) groups excluding carboxylic acids is 2. The highest BCUT2D eigenvalue weighted by Gasteiger charge is 2.27. The number of carbonyl (C=O) groups is 2. The molecule has 2 heterocycles. The fraction of sp³-hybridized carbons (Fsp3) is 0.533. The predicted octanol–water partition coefficient (Wildman–Crippen LogP) is 1.66. The lowest BCUT2D eigenvalue weighted by Crippen LogP contribution is -2.48. The lowest BCUT2D eigenvalue weighted by atomic mass is 9.96. The van der Waals surface area contributed by atoms with E-state index in [-0.39, 0.29) is 11.8 Å². The highest BCUT2D eigenvalue weighted by Crippen LogP contribution is 2.21.